The molecule has 1 heterocycles. The van der Waals surface area contributed by atoms with Crippen LogP contribution in [0.4, 0.5) is 5.69 Å². The highest BCUT2D eigenvalue weighted by Crippen LogP contribution is 2.26. The van der Waals surface area contributed by atoms with Crippen LogP contribution in [0.3, 0.4) is 0 Å². The Bertz CT molecular complexity index is 1010. The van der Waals surface area contributed by atoms with Crippen molar-refractivity contribution < 1.29 is 22.7 Å². The number of halogens is 1. The monoisotopic (exact) mass is 450 g/mol. The molecule has 1 saturated heterocycles. The molecule has 3 rings (SSSR count). The predicted octanol–water partition coefficient (Wildman–Crippen LogP) is 3.37. The van der Waals surface area contributed by atoms with E-state index in [9.17, 15) is 18.0 Å². The Balaban J connectivity index is 1.65. The first-order chi connectivity index (χ1) is 14.3. The summed E-state index contributed by atoms with van der Waals surface area (Å²) in [6.45, 7) is 1.59. The van der Waals surface area contributed by atoms with Crippen LogP contribution >= 0.6 is 11.6 Å². The van der Waals surface area contributed by atoms with Gasteiger partial charge in [-0.05, 0) is 62.6 Å². The number of ether oxygens (including phenoxy) is 1. The van der Waals surface area contributed by atoms with Crippen LogP contribution in [0, 0.1) is 6.92 Å². The molecule has 7 nitrogen and oxygen atoms in total. The van der Waals surface area contributed by atoms with Gasteiger partial charge in [0.2, 0.25) is 10.0 Å². The molecule has 9 heteroatoms. The van der Waals surface area contributed by atoms with Crippen LogP contribution in [0.1, 0.15) is 24.8 Å². The summed E-state index contributed by atoms with van der Waals surface area (Å²) in [5.41, 5.74) is 1.46. The number of esters is 1. The van der Waals surface area contributed by atoms with Crippen LogP contribution in [0.2, 0.25) is 5.02 Å². The number of amides is 1. The summed E-state index contributed by atoms with van der Waals surface area (Å²) in [7, 11) is -3.84. The highest BCUT2D eigenvalue weighted by molar-refractivity contribution is 7.89. The number of carbonyl (C=O) groups excluding carboxylic acids is 2. The van der Waals surface area contributed by atoms with Gasteiger partial charge in [0, 0.05) is 17.3 Å². The Hall–Kier alpha value is -2.42. The van der Waals surface area contributed by atoms with E-state index in [1.807, 2.05) is 6.92 Å². The van der Waals surface area contributed by atoms with E-state index in [1.165, 1.54) is 16.4 Å². The summed E-state index contributed by atoms with van der Waals surface area (Å²) < 4.78 is 32.4. The fourth-order valence-corrected chi connectivity index (χ4v) is 5.01. The van der Waals surface area contributed by atoms with Crippen molar-refractivity contribution in [1.82, 2.24) is 4.31 Å². The Morgan fingerprint density at radius 3 is 2.43 bits per heavy atom. The maximum atomic E-state index is 13.0. The smallest absolute Gasteiger partial charge is 0.324 e. The first-order valence-electron chi connectivity index (χ1n) is 9.58. The van der Waals surface area contributed by atoms with Crippen LogP contribution in [0.25, 0.3) is 0 Å². The van der Waals surface area contributed by atoms with Crippen LogP contribution in [-0.2, 0) is 24.3 Å². The van der Waals surface area contributed by atoms with Gasteiger partial charge in [-0.2, -0.15) is 4.31 Å². The largest absolute Gasteiger partial charge is 0.454 e. The molecule has 1 aliphatic heterocycles. The van der Waals surface area contributed by atoms with Crippen molar-refractivity contribution in [3.05, 3.63) is 59.1 Å². The Morgan fingerprint density at radius 1 is 1.10 bits per heavy atom. The van der Waals surface area contributed by atoms with Gasteiger partial charge in [0.25, 0.3) is 5.91 Å². The van der Waals surface area contributed by atoms with E-state index in [4.69, 9.17) is 16.3 Å². The topological polar surface area (TPSA) is 92.8 Å². The van der Waals surface area contributed by atoms with E-state index >= 15 is 0 Å². The van der Waals surface area contributed by atoms with E-state index in [0.29, 0.717) is 30.0 Å². The fraction of sp³-hybridized carbons (Fsp3) is 0.333. The molecule has 2 aromatic rings. The summed E-state index contributed by atoms with van der Waals surface area (Å²) in [6, 6.07) is 12.0. The number of aryl methyl sites for hydroxylation is 1. The van der Waals surface area contributed by atoms with E-state index in [2.05, 4.69) is 5.32 Å². The first-order valence-corrected chi connectivity index (χ1v) is 11.4. The van der Waals surface area contributed by atoms with Gasteiger partial charge < -0.3 is 10.1 Å². The fourth-order valence-electron chi connectivity index (χ4n) is 3.24. The van der Waals surface area contributed by atoms with Crippen molar-refractivity contribution in [3.8, 4) is 0 Å². The van der Waals surface area contributed by atoms with Crippen LogP contribution in [-0.4, -0.2) is 43.8 Å². The normalized spacial score (nSPS) is 17.3. The molecule has 1 atom stereocenters. The number of nitrogens with zero attached hydrogens (tertiary/aromatic N) is 1. The van der Waals surface area contributed by atoms with Gasteiger partial charge in [-0.15, -0.1) is 0 Å². The molecule has 0 aromatic heterocycles. The molecule has 1 aliphatic rings. The summed E-state index contributed by atoms with van der Waals surface area (Å²) in [5.74, 6) is -1.24. The minimum Gasteiger partial charge on any atom is -0.454 e. The first kappa shape index (κ1) is 22.3. The van der Waals surface area contributed by atoms with Gasteiger partial charge in [-0.3, -0.25) is 9.59 Å². The minimum atomic E-state index is -3.84. The number of nitrogens with one attached hydrogen (secondary N) is 1. The highest BCUT2D eigenvalue weighted by atomic mass is 35.5. The lowest BCUT2D eigenvalue weighted by molar-refractivity contribution is -0.152. The second-order valence-electron chi connectivity index (χ2n) is 7.10. The zero-order valence-corrected chi connectivity index (χ0v) is 18.1. The van der Waals surface area contributed by atoms with Gasteiger partial charge in [0.1, 0.15) is 6.04 Å². The quantitative estimate of drug-likeness (QED) is 0.681. The Morgan fingerprint density at radius 2 is 1.77 bits per heavy atom. The number of rotatable bonds is 6. The number of carbonyl (C=O) groups is 2. The van der Waals surface area contributed by atoms with Gasteiger partial charge in [0.15, 0.2) is 6.61 Å². The standard InChI is InChI=1S/C21H23ClN2O5S/c1-15-5-11-18(12-6-15)30(27,28)24-13-3-2-4-19(24)21(26)29-14-20(25)23-17-9-7-16(22)8-10-17/h5-12,19H,2-4,13-14H2,1H3,(H,23,25). The number of hydrogen-bond acceptors (Lipinski definition) is 5. The molecular formula is C21H23ClN2O5S. The van der Waals surface area contributed by atoms with Crippen LogP contribution in [0.15, 0.2) is 53.4 Å². The lowest BCUT2D eigenvalue weighted by Crippen LogP contribution is -2.48. The number of hydrogen-bond donors (Lipinski definition) is 1. The SMILES string of the molecule is Cc1ccc(S(=O)(=O)N2CCCCC2C(=O)OCC(=O)Nc2ccc(Cl)cc2)cc1. The second-order valence-corrected chi connectivity index (χ2v) is 9.43. The van der Waals surface area contributed by atoms with Crippen molar-refractivity contribution in [2.45, 2.75) is 37.1 Å². The molecule has 0 bridgehead atoms. The maximum Gasteiger partial charge on any atom is 0.324 e. The van der Waals surface area contributed by atoms with E-state index in [0.717, 1.165) is 5.56 Å². The third-order valence-electron chi connectivity index (χ3n) is 4.83. The van der Waals surface area contributed by atoms with Crippen molar-refractivity contribution in [3.63, 3.8) is 0 Å². The number of anilines is 1. The third kappa shape index (κ3) is 5.38. The molecule has 0 saturated carbocycles. The van der Waals surface area contributed by atoms with Crippen molar-refractivity contribution >= 4 is 39.2 Å². The van der Waals surface area contributed by atoms with Gasteiger partial charge in [0.05, 0.1) is 4.90 Å². The van der Waals surface area contributed by atoms with Crippen LogP contribution < -0.4 is 5.32 Å². The molecule has 1 unspecified atom stereocenters. The highest BCUT2D eigenvalue weighted by Gasteiger charge is 2.38. The lowest BCUT2D eigenvalue weighted by atomic mass is 10.1. The summed E-state index contributed by atoms with van der Waals surface area (Å²) in [4.78, 5) is 24.8. The lowest BCUT2D eigenvalue weighted by Gasteiger charge is -2.33. The Labute approximate surface area is 181 Å². The molecule has 1 fully saturated rings. The molecule has 0 radical (unpaired) electrons. The molecule has 1 N–H and O–H groups in total. The zero-order valence-electron chi connectivity index (χ0n) is 16.5. The average molecular weight is 451 g/mol. The summed E-state index contributed by atoms with van der Waals surface area (Å²) in [6.07, 6.45) is 1.71. The van der Waals surface area contributed by atoms with E-state index in [-0.39, 0.29) is 11.4 Å². The molecular weight excluding hydrogens is 428 g/mol. The summed E-state index contributed by atoms with van der Waals surface area (Å²) >= 11 is 5.80. The molecule has 1 amide bonds. The molecule has 2 aromatic carbocycles. The van der Waals surface area contributed by atoms with E-state index < -0.39 is 34.5 Å². The van der Waals surface area contributed by atoms with Crippen LogP contribution in [0.5, 0.6) is 0 Å². The van der Waals surface area contributed by atoms with Crippen molar-refractivity contribution in [2.24, 2.45) is 0 Å². The number of piperidine rings is 1. The zero-order chi connectivity index (χ0) is 21.7. The molecule has 30 heavy (non-hydrogen) atoms. The second kappa shape index (κ2) is 9.59. The number of sulfonamides is 1. The van der Waals surface area contributed by atoms with Gasteiger partial charge in [-0.25, -0.2) is 8.42 Å². The maximum absolute atomic E-state index is 13.0. The van der Waals surface area contributed by atoms with Gasteiger partial charge >= 0.3 is 5.97 Å². The summed E-state index contributed by atoms with van der Waals surface area (Å²) in [5, 5.41) is 3.13. The van der Waals surface area contributed by atoms with Crippen molar-refractivity contribution in [1.29, 1.82) is 0 Å². The number of benzene rings is 2. The molecule has 0 aliphatic carbocycles. The predicted molar refractivity (Wildman–Crippen MR) is 114 cm³/mol. The third-order valence-corrected chi connectivity index (χ3v) is 7.00. The Kier molecular flexibility index (Phi) is 7.12. The molecule has 160 valence electrons. The van der Waals surface area contributed by atoms with Crippen molar-refractivity contribution in [2.75, 3.05) is 18.5 Å². The molecule has 0 spiro atoms. The van der Waals surface area contributed by atoms with E-state index in [1.54, 1.807) is 36.4 Å². The minimum absolute atomic E-state index is 0.133. The van der Waals surface area contributed by atoms with Gasteiger partial charge in [-0.1, -0.05) is 29.3 Å². The average Bonchev–Trinajstić information content (AvgIpc) is 2.74.